The van der Waals surface area contributed by atoms with Crippen LogP contribution < -0.4 is 5.73 Å². The molecule has 22 heavy (non-hydrogen) atoms. The van der Waals surface area contributed by atoms with Gasteiger partial charge in [-0.1, -0.05) is 110 Å². The van der Waals surface area contributed by atoms with Crippen LogP contribution in [0, 0.1) is 11.8 Å². The van der Waals surface area contributed by atoms with Crippen molar-refractivity contribution in [2.24, 2.45) is 17.6 Å². The summed E-state index contributed by atoms with van der Waals surface area (Å²) < 4.78 is 0. The van der Waals surface area contributed by atoms with E-state index >= 15 is 0 Å². The molecule has 0 amide bonds. The number of hydrogen-bond acceptors (Lipinski definition) is 1. The lowest BCUT2D eigenvalue weighted by Crippen LogP contribution is -2.14. The Kier molecular flexibility index (Phi) is 13.2. The summed E-state index contributed by atoms with van der Waals surface area (Å²) in [6.45, 7) is 3.19. The van der Waals surface area contributed by atoms with Gasteiger partial charge < -0.3 is 5.73 Å². The fraction of sp³-hybridized carbons (Fsp3) is 1.00. The highest BCUT2D eigenvalue weighted by molar-refractivity contribution is 4.72. The first-order chi connectivity index (χ1) is 10.9. The molecule has 0 atom stereocenters. The molecule has 1 heteroatoms. The number of unbranched alkanes of at least 4 members (excludes halogenated alkanes) is 9. The quantitative estimate of drug-likeness (QED) is 0.349. The molecule has 1 nitrogen and oxygen atoms in total. The first-order valence-electron chi connectivity index (χ1n) is 10.6. The lowest BCUT2D eigenvalue weighted by atomic mass is 9.78. The Bertz CT molecular complexity index is 218. The Balaban J connectivity index is 1.84. The molecule has 0 radical (unpaired) electrons. The summed E-state index contributed by atoms with van der Waals surface area (Å²) in [5.41, 5.74) is 5.52. The number of hydrogen-bond donors (Lipinski definition) is 1. The highest BCUT2D eigenvalue weighted by Crippen LogP contribution is 2.34. The van der Waals surface area contributed by atoms with Crippen molar-refractivity contribution in [2.45, 2.75) is 116 Å². The summed E-state index contributed by atoms with van der Waals surface area (Å²) in [7, 11) is 0. The molecule has 0 aromatic carbocycles. The van der Waals surface area contributed by atoms with Gasteiger partial charge in [0, 0.05) is 0 Å². The molecular formula is C21H43N. The van der Waals surface area contributed by atoms with Gasteiger partial charge in [-0.25, -0.2) is 0 Å². The molecular weight excluding hydrogens is 266 g/mol. The maximum absolute atomic E-state index is 5.52. The molecule has 1 aliphatic rings. The first kappa shape index (κ1) is 20.0. The highest BCUT2D eigenvalue weighted by atomic mass is 14.5. The summed E-state index contributed by atoms with van der Waals surface area (Å²) in [6, 6.07) is 0. The van der Waals surface area contributed by atoms with Crippen molar-refractivity contribution in [1.82, 2.24) is 0 Å². The van der Waals surface area contributed by atoms with Gasteiger partial charge >= 0.3 is 0 Å². The molecule has 0 saturated heterocycles. The van der Waals surface area contributed by atoms with Crippen LogP contribution in [0.15, 0.2) is 0 Å². The molecule has 2 N–H and O–H groups in total. The Morgan fingerprint density at radius 3 is 1.45 bits per heavy atom. The lowest BCUT2D eigenvalue weighted by Gasteiger charge is -2.28. The van der Waals surface area contributed by atoms with Gasteiger partial charge in [-0.3, -0.25) is 0 Å². The van der Waals surface area contributed by atoms with Gasteiger partial charge in [0.1, 0.15) is 0 Å². The van der Waals surface area contributed by atoms with Crippen molar-refractivity contribution in [3.63, 3.8) is 0 Å². The maximum Gasteiger partial charge on any atom is -0.00773 e. The van der Waals surface area contributed by atoms with E-state index in [-0.39, 0.29) is 0 Å². The van der Waals surface area contributed by atoms with Crippen LogP contribution in [-0.2, 0) is 0 Å². The second-order valence-corrected chi connectivity index (χ2v) is 7.79. The topological polar surface area (TPSA) is 26.0 Å². The maximum atomic E-state index is 5.52. The number of nitrogens with two attached hydrogens (primary N) is 1. The van der Waals surface area contributed by atoms with E-state index in [9.17, 15) is 0 Å². The van der Waals surface area contributed by atoms with Crippen LogP contribution in [0.2, 0.25) is 0 Å². The average Bonchev–Trinajstić information content (AvgIpc) is 2.55. The van der Waals surface area contributed by atoms with Crippen molar-refractivity contribution in [1.29, 1.82) is 0 Å². The van der Waals surface area contributed by atoms with Gasteiger partial charge in [0.2, 0.25) is 0 Å². The molecule has 132 valence electrons. The molecule has 1 aliphatic carbocycles. The van der Waals surface area contributed by atoms with Gasteiger partial charge in [-0.2, -0.15) is 0 Å². The molecule has 0 aromatic rings. The minimum absolute atomic E-state index is 0.876. The molecule has 1 saturated carbocycles. The Morgan fingerprint density at radius 2 is 1.00 bits per heavy atom. The van der Waals surface area contributed by atoms with E-state index in [1.165, 1.54) is 109 Å². The van der Waals surface area contributed by atoms with Crippen molar-refractivity contribution < 1.29 is 0 Å². The third kappa shape index (κ3) is 10.6. The van der Waals surface area contributed by atoms with E-state index in [1.807, 2.05) is 0 Å². The summed E-state index contributed by atoms with van der Waals surface area (Å²) in [5.74, 6) is 2.16. The third-order valence-corrected chi connectivity index (χ3v) is 5.75. The van der Waals surface area contributed by atoms with Crippen LogP contribution in [0.3, 0.4) is 0 Å². The van der Waals surface area contributed by atoms with Gasteiger partial charge in [0.15, 0.2) is 0 Å². The predicted molar refractivity (Wildman–Crippen MR) is 100 cm³/mol. The minimum Gasteiger partial charge on any atom is -0.330 e. The molecule has 0 spiro atoms. The zero-order chi connectivity index (χ0) is 15.9. The summed E-state index contributed by atoms with van der Waals surface area (Å²) in [6.07, 6.45) is 24.8. The van der Waals surface area contributed by atoms with E-state index in [2.05, 4.69) is 6.92 Å². The SMILES string of the molecule is CCCCCC1CCC(CCCCCCCCCCN)CC1. The van der Waals surface area contributed by atoms with E-state index in [4.69, 9.17) is 5.73 Å². The molecule has 1 rings (SSSR count). The molecule has 0 heterocycles. The van der Waals surface area contributed by atoms with Crippen LogP contribution >= 0.6 is 0 Å². The zero-order valence-electron chi connectivity index (χ0n) is 15.5. The number of rotatable bonds is 14. The van der Waals surface area contributed by atoms with Crippen LogP contribution in [0.5, 0.6) is 0 Å². The van der Waals surface area contributed by atoms with E-state index in [0.717, 1.165) is 18.4 Å². The van der Waals surface area contributed by atoms with Gasteiger partial charge in [-0.05, 0) is 24.8 Å². The summed E-state index contributed by atoms with van der Waals surface area (Å²) >= 11 is 0. The first-order valence-corrected chi connectivity index (χ1v) is 10.6. The van der Waals surface area contributed by atoms with Crippen LogP contribution in [0.4, 0.5) is 0 Å². The Labute approximate surface area is 140 Å². The predicted octanol–water partition coefficient (Wildman–Crippen LogP) is 6.84. The van der Waals surface area contributed by atoms with Crippen molar-refractivity contribution in [3.05, 3.63) is 0 Å². The Hall–Kier alpha value is -0.0400. The lowest BCUT2D eigenvalue weighted by molar-refractivity contribution is 0.244. The summed E-state index contributed by atoms with van der Waals surface area (Å²) in [4.78, 5) is 0. The van der Waals surface area contributed by atoms with Crippen molar-refractivity contribution in [3.8, 4) is 0 Å². The molecule has 0 bridgehead atoms. The van der Waals surface area contributed by atoms with Crippen molar-refractivity contribution in [2.75, 3.05) is 6.54 Å². The van der Waals surface area contributed by atoms with E-state index in [1.54, 1.807) is 0 Å². The monoisotopic (exact) mass is 309 g/mol. The van der Waals surface area contributed by atoms with E-state index in [0.29, 0.717) is 0 Å². The second-order valence-electron chi connectivity index (χ2n) is 7.79. The summed E-state index contributed by atoms with van der Waals surface area (Å²) in [5, 5.41) is 0. The largest absolute Gasteiger partial charge is 0.330 e. The molecule has 1 fully saturated rings. The van der Waals surface area contributed by atoms with Crippen LogP contribution in [-0.4, -0.2) is 6.54 Å². The van der Waals surface area contributed by atoms with Gasteiger partial charge in [0.05, 0.1) is 0 Å². The van der Waals surface area contributed by atoms with Crippen molar-refractivity contribution >= 4 is 0 Å². The Morgan fingerprint density at radius 1 is 0.591 bits per heavy atom. The fourth-order valence-electron chi connectivity index (χ4n) is 4.13. The average molecular weight is 310 g/mol. The smallest absolute Gasteiger partial charge is 0.00773 e. The normalized spacial score (nSPS) is 22.1. The second kappa shape index (κ2) is 14.5. The van der Waals surface area contributed by atoms with E-state index < -0.39 is 0 Å². The van der Waals surface area contributed by atoms with Crippen LogP contribution in [0.25, 0.3) is 0 Å². The third-order valence-electron chi connectivity index (χ3n) is 5.75. The molecule has 0 aromatic heterocycles. The standard InChI is InChI=1S/C21H43N/c1-2-3-10-13-20-15-17-21(18-16-20)14-11-8-6-4-5-7-9-12-19-22/h20-21H,2-19,22H2,1H3. The molecule has 0 unspecified atom stereocenters. The zero-order valence-corrected chi connectivity index (χ0v) is 15.5. The molecule has 0 aliphatic heterocycles. The minimum atomic E-state index is 0.876. The van der Waals surface area contributed by atoms with Crippen LogP contribution in [0.1, 0.15) is 116 Å². The van der Waals surface area contributed by atoms with Gasteiger partial charge in [0.25, 0.3) is 0 Å². The highest BCUT2D eigenvalue weighted by Gasteiger charge is 2.20. The van der Waals surface area contributed by atoms with Gasteiger partial charge in [-0.15, -0.1) is 0 Å². The fourth-order valence-corrected chi connectivity index (χ4v) is 4.13.